The van der Waals surface area contributed by atoms with Crippen LogP contribution in [0.25, 0.3) is 0 Å². The molecule has 29 heavy (non-hydrogen) atoms. The van der Waals surface area contributed by atoms with Gasteiger partial charge in [-0.1, -0.05) is 0 Å². The molecule has 0 aliphatic heterocycles. The maximum absolute atomic E-state index is 13.6. The number of ether oxygens (including phenoxy) is 1. The Kier molecular flexibility index (Phi) is 5.90. The molecular weight excluding hydrogens is 394 g/mol. The van der Waals surface area contributed by atoms with Gasteiger partial charge in [0, 0.05) is 25.9 Å². The fourth-order valence-corrected chi connectivity index (χ4v) is 2.56. The summed E-state index contributed by atoms with van der Waals surface area (Å²) in [7, 11) is 1.56. The molecule has 0 aliphatic carbocycles. The van der Waals surface area contributed by atoms with Gasteiger partial charge in [-0.25, -0.2) is 8.78 Å². The van der Waals surface area contributed by atoms with Crippen molar-refractivity contribution < 1.29 is 31.5 Å². The van der Waals surface area contributed by atoms with Crippen LogP contribution in [0.1, 0.15) is 28.9 Å². The maximum atomic E-state index is 13.6. The van der Waals surface area contributed by atoms with E-state index in [4.69, 9.17) is 9.15 Å². The van der Waals surface area contributed by atoms with Gasteiger partial charge in [0.2, 0.25) is 11.6 Å². The van der Waals surface area contributed by atoms with Gasteiger partial charge in [0.1, 0.15) is 12.4 Å². The van der Waals surface area contributed by atoms with Crippen molar-refractivity contribution in [2.75, 3.05) is 7.05 Å². The molecule has 0 saturated carbocycles. The Balaban J connectivity index is 1.65. The smallest absolute Gasteiger partial charge is 0.289 e. The average molecular weight is 411 g/mol. The van der Waals surface area contributed by atoms with Gasteiger partial charge in [-0.05, 0) is 25.1 Å². The van der Waals surface area contributed by atoms with Gasteiger partial charge < -0.3 is 14.1 Å². The van der Waals surface area contributed by atoms with Gasteiger partial charge in [0.15, 0.2) is 23.1 Å². The fourth-order valence-electron chi connectivity index (χ4n) is 2.56. The lowest BCUT2D eigenvalue weighted by molar-refractivity contribution is 0.0747. The number of hydrogen-bond donors (Lipinski definition) is 0. The molecule has 3 aromatic rings. The number of aryl methyl sites for hydroxylation is 1. The normalized spacial score (nSPS) is 11.0. The van der Waals surface area contributed by atoms with Crippen LogP contribution in [0.3, 0.4) is 0 Å². The lowest BCUT2D eigenvalue weighted by Gasteiger charge is -2.14. The van der Waals surface area contributed by atoms with E-state index in [9.17, 15) is 22.4 Å². The number of carbonyl (C=O) groups is 1. The Morgan fingerprint density at radius 3 is 2.48 bits per heavy atom. The van der Waals surface area contributed by atoms with Crippen LogP contribution in [0.15, 0.2) is 34.9 Å². The standard InChI is InChI=1S/C19H17F4N3O3/c1-3-26-7-6-11(24-26)9-25(2)19(27)15-5-4-12(29-15)10-28-18-16(22)13(20)8-14(21)17(18)23/h4-8H,3,9-10H2,1-2H3. The Bertz CT molecular complexity index is 1010. The van der Waals surface area contributed by atoms with Crippen LogP contribution in [-0.4, -0.2) is 27.6 Å². The number of furan rings is 1. The summed E-state index contributed by atoms with van der Waals surface area (Å²) >= 11 is 0. The topological polar surface area (TPSA) is 60.5 Å². The van der Waals surface area contributed by atoms with E-state index in [-0.39, 0.29) is 24.1 Å². The third kappa shape index (κ3) is 4.41. The highest BCUT2D eigenvalue weighted by Gasteiger charge is 2.22. The molecule has 0 atom stereocenters. The second-order valence-electron chi connectivity index (χ2n) is 6.18. The molecule has 0 N–H and O–H groups in total. The Hall–Kier alpha value is -3.30. The molecule has 0 bridgehead atoms. The molecule has 1 amide bonds. The zero-order valence-electron chi connectivity index (χ0n) is 15.6. The molecule has 0 radical (unpaired) electrons. The highest BCUT2D eigenvalue weighted by atomic mass is 19.2. The summed E-state index contributed by atoms with van der Waals surface area (Å²) in [4.78, 5) is 13.8. The molecule has 0 spiro atoms. The molecule has 6 nitrogen and oxygen atoms in total. The van der Waals surface area contributed by atoms with Gasteiger partial charge in [0.25, 0.3) is 5.91 Å². The van der Waals surface area contributed by atoms with Crippen molar-refractivity contribution in [3.63, 3.8) is 0 Å². The first kappa shape index (κ1) is 20.4. The van der Waals surface area contributed by atoms with Crippen molar-refractivity contribution in [2.45, 2.75) is 26.6 Å². The second kappa shape index (κ2) is 8.38. The number of amides is 1. The lowest BCUT2D eigenvalue weighted by atomic mass is 10.3. The molecule has 3 rings (SSSR count). The number of aromatic nitrogens is 2. The highest BCUT2D eigenvalue weighted by Crippen LogP contribution is 2.27. The largest absolute Gasteiger partial charge is 0.479 e. The first-order chi connectivity index (χ1) is 13.8. The van der Waals surface area contributed by atoms with Crippen molar-refractivity contribution in [2.24, 2.45) is 0 Å². The average Bonchev–Trinajstić information content (AvgIpc) is 3.35. The lowest BCUT2D eigenvalue weighted by Crippen LogP contribution is -2.26. The van der Waals surface area contributed by atoms with Crippen molar-refractivity contribution in [1.29, 1.82) is 0 Å². The number of halogens is 4. The minimum Gasteiger partial charge on any atom is -0.479 e. The van der Waals surface area contributed by atoms with E-state index in [1.165, 1.54) is 17.0 Å². The Morgan fingerprint density at radius 2 is 1.86 bits per heavy atom. The maximum Gasteiger partial charge on any atom is 0.289 e. The van der Waals surface area contributed by atoms with Crippen molar-refractivity contribution >= 4 is 5.91 Å². The summed E-state index contributed by atoms with van der Waals surface area (Å²) in [6.45, 7) is 2.36. The molecule has 0 saturated heterocycles. The first-order valence-electron chi connectivity index (χ1n) is 8.62. The monoisotopic (exact) mass is 411 g/mol. The van der Waals surface area contributed by atoms with Crippen molar-refractivity contribution in [1.82, 2.24) is 14.7 Å². The summed E-state index contributed by atoms with van der Waals surface area (Å²) < 4.78 is 65.5. The van der Waals surface area contributed by atoms with E-state index >= 15 is 0 Å². The molecule has 10 heteroatoms. The van der Waals surface area contributed by atoms with Crippen molar-refractivity contribution in [3.05, 3.63) is 70.9 Å². The van der Waals surface area contributed by atoms with Gasteiger partial charge in [-0.2, -0.15) is 13.9 Å². The van der Waals surface area contributed by atoms with E-state index in [1.54, 1.807) is 24.0 Å². The highest BCUT2D eigenvalue weighted by molar-refractivity contribution is 5.91. The third-order valence-electron chi connectivity index (χ3n) is 4.07. The predicted octanol–water partition coefficient (Wildman–Crippen LogP) is 3.90. The summed E-state index contributed by atoms with van der Waals surface area (Å²) in [5.41, 5.74) is 0.692. The molecule has 2 aromatic heterocycles. The third-order valence-corrected chi connectivity index (χ3v) is 4.07. The van der Waals surface area contributed by atoms with Crippen LogP contribution in [0, 0.1) is 23.3 Å². The Morgan fingerprint density at radius 1 is 1.17 bits per heavy atom. The van der Waals surface area contributed by atoms with Gasteiger partial charge in [0.05, 0.1) is 12.2 Å². The van der Waals surface area contributed by atoms with Gasteiger partial charge in [-0.3, -0.25) is 9.48 Å². The van der Waals surface area contributed by atoms with Crippen LogP contribution in [0.2, 0.25) is 0 Å². The molecule has 0 unspecified atom stereocenters. The van der Waals surface area contributed by atoms with E-state index in [0.29, 0.717) is 12.2 Å². The van der Waals surface area contributed by atoms with E-state index in [1.807, 2.05) is 6.92 Å². The zero-order valence-corrected chi connectivity index (χ0v) is 15.6. The molecule has 2 heterocycles. The quantitative estimate of drug-likeness (QED) is 0.437. The summed E-state index contributed by atoms with van der Waals surface area (Å²) in [6, 6.07) is 4.59. The van der Waals surface area contributed by atoms with E-state index in [0.717, 1.165) is 0 Å². The molecule has 0 fully saturated rings. The van der Waals surface area contributed by atoms with Crippen LogP contribution in [-0.2, 0) is 19.7 Å². The number of benzene rings is 1. The molecular formula is C19H17F4N3O3. The first-order valence-corrected chi connectivity index (χ1v) is 8.62. The number of hydrogen-bond acceptors (Lipinski definition) is 4. The van der Waals surface area contributed by atoms with E-state index < -0.39 is 41.5 Å². The van der Waals surface area contributed by atoms with Crippen LogP contribution in [0.4, 0.5) is 17.6 Å². The fraction of sp³-hybridized carbons (Fsp3) is 0.263. The summed E-state index contributed by atoms with van der Waals surface area (Å²) in [6.07, 6.45) is 1.80. The second-order valence-corrected chi connectivity index (χ2v) is 6.18. The molecule has 1 aromatic carbocycles. The van der Waals surface area contributed by atoms with Crippen LogP contribution in [0.5, 0.6) is 5.75 Å². The minimum absolute atomic E-state index is 0.0348. The van der Waals surface area contributed by atoms with Crippen LogP contribution < -0.4 is 4.74 Å². The number of nitrogens with zero attached hydrogens (tertiary/aromatic N) is 3. The molecule has 0 aliphatic rings. The van der Waals surface area contributed by atoms with Gasteiger partial charge >= 0.3 is 0 Å². The number of rotatable bonds is 7. The molecule has 154 valence electrons. The predicted molar refractivity (Wildman–Crippen MR) is 93.0 cm³/mol. The summed E-state index contributed by atoms with van der Waals surface area (Å²) in [5.74, 6) is -8.11. The number of carbonyl (C=O) groups excluding carboxylic acids is 1. The zero-order chi connectivity index (χ0) is 21.1. The SMILES string of the molecule is CCn1ccc(CN(C)C(=O)c2ccc(COc3c(F)c(F)cc(F)c3F)o2)n1. The van der Waals surface area contributed by atoms with Gasteiger partial charge in [-0.15, -0.1) is 0 Å². The van der Waals surface area contributed by atoms with E-state index in [2.05, 4.69) is 5.10 Å². The van der Waals surface area contributed by atoms with Crippen molar-refractivity contribution in [3.8, 4) is 5.75 Å². The Labute approximate surface area is 163 Å². The van der Waals surface area contributed by atoms with Crippen LogP contribution >= 0.6 is 0 Å². The summed E-state index contributed by atoms with van der Waals surface area (Å²) in [5, 5.41) is 4.28. The minimum atomic E-state index is -1.65.